The highest BCUT2D eigenvalue weighted by atomic mass is 13.8. The Bertz CT molecular complexity index is 127. The molecule has 0 heterocycles. The average Bonchev–Trinajstić information content (AvgIpc) is 1.97. The van der Waals surface area contributed by atoms with Crippen LogP contribution < -0.4 is 0 Å². The molecule has 0 atom stereocenters. The lowest BCUT2D eigenvalue weighted by Gasteiger charge is -1.82. The van der Waals surface area contributed by atoms with Gasteiger partial charge < -0.3 is 0 Å². The van der Waals surface area contributed by atoms with Gasteiger partial charge in [-0.25, -0.2) is 0 Å². The standard InChI is InChI=1S/C10H16/c1-3-5-7-9-10-8-6-4-2/h3-7,9H,8,10H2,1-2H3. The molecule has 0 aliphatic heterocycles. The van der Waals surface area contributed by atoms with Crippen molar-refractivity contribution in [2.75, 3.05) is 0 Å². The zero-order chi connectivity index (χ0) is 7.66. The molecule has 0 saturated carbocycles. The Hall–Kier alpha value is -0.780. The molecule has 0 spiro atoms. The molecule has 0 saturated heterocycles. The van der Waals surface area contributed by atoms with Crippen molar-refractivity contribution in [2.24, 2.45) is 0 Å². The molecule has 0 unspecified atom stereocenters. The van der Waals surface area contributed by atoms with E-state index in [2.05, 4.69) is 37.3 Å². The van der Waals surface area contributed by atoms with Gasteiger partial charge in [0.1, 0.15) is 0 Å². The largest absolute Gasteiger partial charge is 0.0917 e. The molecule has 10 heavy (non-hydrogen) atoms. The fraction of sp³-hybridized carbons (Fsp3) is 0.400. The first-order valence-electron chi connectivity index (χ1n) is 3.80. The van der Waals surface area contributed by atoms with Gasteiger partial charge in [0.2, 0.25) is 0 Å². The van der Waals surface area contributed by atoms with Crippen LogP contribution in [0.1, 0.15) is 26.7 Å². The molecule has 0 aromatic heterocycles. The molecule has 0 aromatic carbocycles. The van der Waals surface area contributed by atoms with E-state index in [-0.39, 0.29) is 0 Å². The van der Waals surface area contributed by atoms with E-state index in [0.29, 0.717) is 0 Å². The highest BCUT2D eigenvalue weighted by molar-refractivity contribution is 5.01. The fourth-order valence-electron chi connectivity index (χ4n) is 0.645. The first-order valence-corrected chi connectivity index (χ1v) is 3.80. The molecule has 0 rings (SSSR count). The van der Waals surface area contributed by atoms with Crippen LogP contribution in [0.5, 0.6) is 0 Å². The van der Waals surface area contributed by atoms with Gasteiger partial charge in [-0.3, -0.25) is 0 Å². The minimum absolute atomic E-state index is 1.15. The second-order valence-electron chi connectivity index (χ2n) is 2.10. The summed E-state index contributed by atoms with van der Waals surface area (Å²) in [6.45, 7) is 4.08. The third-order valence-corrected chi connectivity index (χ3v) is 1.18. The first-order chi connectivity index (χ1) is 4.91. The number of allylic oxidation sites excluding steroid dienone is 6. The van der Waals surface area contributed by atoms with E-state index in [4.69, 9.17) is 0 Å². The predicted molar refractivity (Wildman–Crippen MR) is 48.0 cm³/mol. The molecule has 0 heteroatoms. The summed E-state index contributed by atoms with van der Waals surface area (Å²) in [5, 5.41) is 0. The quantitative estimate of drug-likeness (QED) is 0.315. The SMILES string of the molecule is CC=CC=CCCC=CC. The van der Waals surface area contributed by atoms with Crippen LogP contribution in [0.3, 0.4) is 0 Å². The predicted octanol–water partition coefficient (Wildman–Crippen LogP) is 3.48. The Balaban J connectivity index is 3.18. The summed E-state index contributed by atoms with van der Waals surface area (Å²) in [6, 6.07) is 0. The number of rotatable bonds is 4. The van der Waals surface area contributed by atoms with Crippen LogP contribution in [0.25, 0.3) is 0 Å². The second-order valence-corrected chi connectivity index (χ2v) is 2.10. The lowest BCUT2D eigenvalue weighted by Crippen LogP contribution is -1.61. The van der Waals surface area contributed by atoms with Crippen molar-refractivity contribution in [3.05, 3.63) is 36.5 Å². The van der Waals surface area contributed by atoms with Gasteiger partial charge in [-0.15, -0.1) is 0 Å². The van der Waals surface area contributed by atoms with Crippen molar-refractivity contribution in [1.29, 1.82) is 0 Å². The van der Waals surface area contributed by atoms with Crippen molar-refractivity contribution in [3.63, 3.8) is 0 Å². The molecular formula is C10H16. The van der Waals surface area contributed by atoms with Gasteiger partial charge >= 0.3 is 0 Å². The van der Waals surface area contributed by atoms with Gasteiger partial charge in [-0.2, -0.15) is 0 Å². The van der Waals surface area contributed by atoms with Crippen LogP contribution in [-0.2, 0) is 0 Å². The Morgan fingerprint density at radius 2 is 1.50 bits per heavy atom. The van der Waals surface area contributed by atoms with E-state index in [0.717, 1.165) is 12.8 Å². The summed E-state index contributed by atoms with van der Waals surface area (Å²) in [5.74, 6) is 0. The van der Waals surface area contributed by atoms with Crippen molar-refractivity contribution in [2.45, 2.75) is 26.7 Å². The smallest absolute Gasteiger partial charge is 0.0313 e. The van der Waals surface area contributed by atoms with Crippen LogP contribution in [0.2, 0.25) is 0 Å². The van der Waals surface area contributed by atoms with Crippen molar-refractivity contribution >= 4 is 0 Å². The van der Waals surface area contributed by atoms with Gasteiger partial charge in [0, 0.05) is 0 Å². The molecule has 0 fully saturated rings. The number of unbranched alkanes of at least 4 members (excludes halogenated alkanes) is 1. The summed E-state index contributed by atoms with van der Waals surface area (Å²) in [6.07, 6.45) is 14.9. The van der Waals surface area contributed by atoms with Crippen LogP contribution in [0, 0.1) is 0 Å². The van der Waals surface area contributed by atoms with E-state index in [9.17, 15) is 0 Å². The summed E-state index contributed by atoms with van der Waals surface area (Å²) in [5.41, 5.74) is 0. The Morgan fingerprint density at radius 1 is 0.800 bits per heavy atom. The lowest BCUT2D eigenvalue weighted by atomic mass is 10.2. The highest BCUT2D eigenvalue weighted by Crippen LogP contribution is 1.92. The van der Waals surface area contributed by atoms with Gasteiger partial charge in [-0.05, 0) is 26.7 Å². The summed E-state index contributed by atoms with van der Waals surface area (Å²) < 4.78 is 0. The average molecular weight is 136 g/mol. The van der Waals surface area contributed by atoms with Crippen molar-refractivity contribution in [3.8, 4) is 0 Å². The van der Waals surface area contributed by atoms with Crippen LogP contribution in [0.15, 0.2) is 36.5 Å². The maximum absolute atomic E-state index is 2.18. The van der Waals surface area contributed by atoms with E-state index < -0.39 is 0 Å². The molecule has 0 aliphatic rings. The maximum atomic E-state index is 2.18. The van der Waals surface area contributed by atoms with Crippen molar-refractivity contribution in [1.82, 2.24) is 0 Å². The molecule has 0 radical (unpaired) electrons. The summed E-state index contributed by atoms with van der Waals surface area (Å²) >= 11 is 0. The molecule has 0 amide bonds. The first kappa shape index (κ1) is 9.22. The molecule has 0 nitrogen and oxygen atoms in total. The molecular weight excluding hydrogens is 120 g/mol. The zero-order valence-corrected chi connectivity index (χ0v) is 6.88. The van der Waals surface area contributed by atoms with Crippen LogP contribution in [0.4, 0.5) is 0 Å². The fourth-order valence-corrected chi connectivity index (χ4v) is 0.645. The third-order valence-electron chi connectivity index (χ3n) is 1.18. The monoisotopic (exact) mass is 136 g/mol. The molecule has 0 bridgehead atoms. The third kappa shape index (κ3) is 7.22. The second kappa shape index (κ2) is 8.22. The summed E-state index contributed by atoms with van der Waals surface area (Å²) in [4.78, 5) is 0. The van der Waals surface area contributed by atoms with E-state index in [1.807, 2.05) is 13.0 Å². The number of hydrogen-bond acceptors (Lipinski definition) is 0. The van der Waals surface area contributed by atoms with E-state index in [1.165, 1.54) is 0 Å². The summed E-state index contributed by atoms with van der Waals surface area (Å²) in [7, 11) is 0. The van der Waals surface area contributed by atoms with Crippen LogP contribution in [-0.4, -0.2) is 0 Å². The maximum Gasteiger partial charge on any atom is -0.0313 e. The van der Waals surface area contributed by atoms with E-state index in [1.54, 1.807) is 0 Å². The topological polar surface area (TPSA) is 0 Å². The number of hydrogen-bond donors (Lipinski definition) is 0. The Labute approximate surface area is 64.0 Å². The molecule has 0 aliphatic carbocycles. The van der Waals surface area contributed by atoms with Gasteiger partial charge in [0.15, 0.2) is 0 Å². The van der Waals surface area contributed by atoms with Gasteiger partial charge in [0.25, 0.3) is 0 Å². The highest BCUT2D eigenvalue weighted by Gasteiger charge is 1.71. The Morgan fingerprint density at radius 3 is 2.10 bits per heavy atom. The van der Waals surface area contributed by atoms with Crippen molar-refractivity contribution < 1.29 is 0 Å². The van der Waals surface area contributed by atoms with Gasteiger partial charge in [0.05, 0.1) is 0 Å². The zero-order valence-electron chi connectivity index (χ0n) is 6.88. The minimum atomic E-state index is 1.15. The molecule has 56 valence electrons. The van der Waals surface area contributed by atoms with Crippen LogP contribution >= 0.6 is 0 Å². The molecule has 0 aromatic rings. The van der Waals surface area contributed by atoms with Gasteiger partial charge in [-0.1, -0.05) is 36.5 Å². The lowest BCUT2D eigenvalue weighted by molar-refractivity contribution is 1.05. The minimum Gasteiger partial charge on any atom is -0.0917 e. The normalized spacial score (nSPS) is 12.6. The Kier molecular flexibility index (Phi) is 7.58. The molecule has 0 N–H and O–H groups in total. The van der Waals surface area contributed by atoms with E-state index >= 15 is 0 Å².